The third-order valence-electron chi connectivity index (χ3n) is 2.60. The van der Waals surface area contributed by atoms with Crippen LogP contribution in [0.2, 0.25) is 0 Å². The average Bonchev–Trinajstić information content (AvgIpc) is 2.44. The maximum atomic E-state index is 11.5. The zero-order chi connectivity index (χ0) is 12.5. The number of carbonyl (C=O) groups excluding carboxylic acids is 2. The number of amides is 1. The van der Waals surface area contributed by atoms with Crippen LogP contribution in [0.15, 0.2) is 0 Å². The molecule has 5 nitrogen and oxygen atoms in total. The lowest BCUT2D eigenvalue weighted by Crippen LogP contribution is -2.50. The highest BCUT2D eigenvalue weighted by Crippen LogP contribution is 2.24. The Bertz CT molecular complexity index is 295. The van der Waals surface area contributed by atoms with Gasteiger partial charge in [0.25, 0.3) is 0 Å². The lowest BCUT2D eigenvalue weighted by atomic mass is 10.1. The van der Waals surface area contributed by atoms with Crippen LogP contribution in [0.1, 0.15) is 34.1 Å². The van der Waals surface area contributed by atoms with Crippen molar-refractivity contribution in [3.05, 3.63) is 0 Å². The maximum absolute atomic E-state index is 11.5. The molecule has 1 unspecified atom stereocenters. The Kier molecular flexibility index (Phi) is 3.70. The summed E-state index contributed by atoms with van der Waals surface area (Å²) in [5, 5.41) is 11.5. The Morgan fingerprint density at radius 3 is 2.31 bits per heavy atom. The Morgan fingerprint density at radius 2 is 1.94 bits per heavy atom. The maximum Gasteiger partial charge on any atom is 0.220 e. The molecule has 0 saturated carbocycles. The summed E-state index contributed by atoms with van der Waals surface area (Å²) >= 11 is 0. The fourth-order valence-electron chi connectivity index (χ4n) is 2.09. The van der Waals surface area contributed by atoms with E-state index in [0.717, 1.165) is 0 Å². The van der Waals surface area contributed by atoms with Crippen LogP contribution in [0, 0.1) is 0 Å². The Morgan fingerprint density at radius 1 is 1.38 bits per heavy atom. The number of rotatable bonds is 3. The molecule has 0 aromatic rings. The van der Waals surface area contributed by atoms with Gasteiger partial charge in [-0.3, -0.25) is 9.59 Å². The lowest BCUT2D eigenvalue weighted by Gasteiger charge is -2.37. The first-order valence-corrected chi connectivity index (χ1v) is 5.38. The number of ether oxygens (including phenoxy) is 1. The quantitative estimate of drug-likeness (QED) is 0.621. The van der Waals surface area contributed by atoms with E-state index in [9.17, 15) is 14.7 Å². The first-order chi connectivity index (χ1) is 7.22. The highest BCUT2D eigenvalue weighted by molar-refractivity contribution is 5.88. The van der Waals surface area contributed by atoms with Gasteiger partial charge in [-0.2, -0.15) is 0 Å². The van der Waals surface area contributed by atoms with Crippen LogP contribution in [-0.2, 0) is 14.3 Å². The van der Waals surface area contributed by atoms with Crippen LogP contribution in [-0.4, -0.2) is 41.1 Å². The van der Waals surface area contributed by atoms with E-state index in [-0.39, 0.29) is 11.7 Å². The lowest BCUT2D eigenvalue weighted by molar-refractivity contribution is -0.548. The number of nitrogens with zero attached hydrogens (tertiary/aromatic N) is 1. The molecule has 0 bridgehead atoms. The molecule has 1 saturated heterocycles. The number of likely N-dealkylation sites (tertiary alicyclic amines) is 1. The van der Waals surface area contributed by atoms with E-state index in [1.54, 1.807) is 0 Å². The zero-order valence-electron chi connectivity index (χ0n) is 10.1. The number of ketones is 1. The smallest absolute Gasteiger partial charge is 0.220 e. The fourth-order valence-corrected chi connectivity index (χ4v) is 2.09. The molecular weight excluding hydrogens is 210 g/mol. The first-order valence-electron chi connectivity index (χ1n) is 5.38. The fraction of sp³-hybridized carbons (Fsp3) is 0.818. The van der Waals surface area contributed by atoms with Gasteiger partial charge in [-0.15, -0.1) is 0 Å². The van der Waals surface area contributed by atoms with Crippen LogP contribution in [0.25, 0.3) is 0 Å². The van der Waals surface area contributed by atoms with E-state index in [2.05, 4.69) is 0 Å². The van der Waals surface area contributed by atoms with Crippen LogP contribution in [0.4, 0.5) is 0 Å². The molecule has 1 rings (SSSR count). The summed E-state index contributed by atoms with van der Waals surface area (Å²) in [6.07, 6.45) is 0.0593. The van der Waals surface area contributed by atoms with Crippen molar-refractivity contribution in [3.63, 3.8) is 0 Å². The second-order valence-electron chi connectivity index (χ2n) is 4.61. The molecule has 1 fully saturated rings. The summed E-state index contributed by atoms with van der Waals surface area (Å²) in [6, 6.07) is -0.606. The molecule has 16 heavy (non-hydrogen) atoms. The Labute approximate surface area is 95.4 Å². The van der Waals surface area contributed by atoms with Crippen molar-refractivity contribution in [2.24, 2.45) is 0 Å². The Hall–Kier alpha value is -0.940. The standard InChI is InChI=1S/C11H18NO4/c1-7(13)10-9(16-11(3,4)15)5-6-12(10)8(2)14/h9-10H,5-6H2,1-4H3/q-1/t9?,10-/m1/s1. The van der Waals surface area contributed by atoms with E-state index in [0.29, 0.717) is 13.0 Å². The topological polar surface area (TPSA) is 69.7 Å². The second-order valence-corrected chi connectivity index (χ2v) is 4.61. The molecule has 0 aromatic carbocycles. The van der Waals surface area contributed by atoms with Crippen LogP contribution >= 0.6 is 0 Å². The molecule has 92 valence electrons. The van der Waals surface area contributed by atoms with Gasteiger partial charge in [-0.05, 0) is 19.1 Å². The van der Waals surface area contributed by atoms with Gasteiger partial charge < -0.3 is 14.7 Å². The van der Waals surface area contributed by atoms with E-state index >= 15 is 0 Å². The first kappa shape index (κ1) is 13.1. The average molecular weight is 228 g/mol. The molecule has 2 atom stereocenters. The third-order valence-corrected chi connectivity index (χ3v) is 2.60. The van der Waals surface area contributed by atoms with Crippen molar-refractivity contribution >= 4 is 11.7 Å². The van der Waals surface area contributed by atoms with Gasteiger partial charge in [-0.1, -0.05) is 13.8 Å². The van der Waals surface area contributed by atoms with Crippen molar-refractivity contribution in [3.8, 4) is 0 Å². The summed E-state index contributed by atoms with van der Waals surface area (Å²) < 4.78 is 5.28. The predicted octanol–water partition coefficient (Wildman–Crippen LogP) is -0.322. The van der Waals surface area contributed by atoms with Crippen LogP contribution in [0.3, 0.4) is 0 Å². The van der Waals surface area contributed by atoms with Gasteiger partial charge >= 0.3 is 0 Å². The molecule has 5 heteroatoms. The van der Waals surface area contributed by atoms with Crippen molar-refractivity contribution in [1.29, 1.82) is 0 Å². The summed E-state index contributed by atoms with van der Waals surface area (Å²) in [7, 11) is 0. The van der Waals surface area contributed by atoms with Gasteiger partial charge in [0.05, 0.1) is 6.10 Å². The number of carbonyl (C=O) groups is 2. The Balaban J connectivity index is 2.80. The largest absolute Gasteiger partial charge is 0.829 e. The van der Waals surface area contributed by atoms with Gasteiger partial charge in [0.1, 0.15) is 6.04 Å². The molecular formula is C11H18NO4-. The predicted molar refractivity (Wildman–Crippen MR) is 55.4 cm³/mol. The van der Waals surface area contributed by atoms with Crippen molar-refractivity contribution < 1.29 is 19.4 Å². The second kappa shape index (κ2) is 4.51. The molecule has 1 heterocycles. The summed E-state index contributed by atoms with van der Waals surface area (Å²) in [6.45, 7) is 6.11. The summed E-state index contributed by atoms with van der Waals surface area (Å²) in [5.74, 6) is -1.83. The van der Waals surface area contributed by atoms with Gasteiger partial charge in [-0.25, -0.2) is 0 Å². The molecule has 0 radical (unpaired) electrons. The van der Waals surface area contributed by atoms with Crippen molar-refractivity contribution in [2.45, 2.75) is 52.0 Å². The SMILES string of the molecule is CC(=O)[C@@H]1C(OC(C)(C)[O-])CCN1C(C)=O. The minimum atomic E-state index is -1.54. The molecule has 1 amide bonds. The van der Waals surface area contributed by atoms with Gasteiger partial charge in [0, 0.05) is 13.5 Å². The molecule has 1 aliphatic heterocycles. The molecule has 0 aliphatic carbocycles. The minimum Gasteiger partial charge on any atom is -0.829 e. The van der Waals surface area contributed by atoms with E-state index < -0.39 is 17.9 Å². The van der Waals surface area contributed by atoms with Crippen LogP contribution in [0.5, 0.6) is 0 Å². The summed E-state index contributed by atoms with van der Waals surface area (Å²) in [5.41, 5.74) is 0. The van der Waals surface area contributed by atoms with E-state index in [1.165, 1.54) is 32.6 Å². The number of hydrogen-bond acceptors (Lipinski definition) is 4. The van der Waals surface area contributed by atoms with Crippen molar-refractivity contribution in [1.82, 2.24) is 4.90 Å². The number of hydrogen-bond donors (Lipinski definition) is 0. The molecule has 0 N–H and O–H groups in total. The van der Waals surface area contributed by atoms with Gasteiger partial charge in [0.2, 0.25) is 5.91 Å². The number of Topliss-reactive ketones (excluding diaryl/α,β-unsaturated/α-hetero) is 1. The van der Waals surface area contributed by atoms with Crippen LogP contribution < -0.4 is 5.11 Å². The highest BCUT2D eigenvalue weighted by atomic mass is 16.6. The monoisotopic (exact) mass is 228 g/mol. The van der Waals surface area contributed by atoms with E-state index in [4.69, 9.17) is 4.74 Å². The molecule has 1 aliphatic rings. The normalized spacial score (nSPS) is 25.9. The van der Waals surface area contributed by atoms with Gasteiger partial charge in [0.15, 0.2) is 5.78 Å². The molecule has 0 aromatic heterocycles. The highest BCUT2D eigenvalue weighted by Gasteiger charge is 2.40. The minimum absolute atomic E-state index is 0.137. The van der Waals surface area contributed by atoms with Crippen molar-refractivity contribution in [2.75, 3.05) is 6.54 Å². The third kappa shape index (κ3) is 3.02. The summed E-state index contributed by atoms with van der Waals surface area (Å²) in [4.78, 5) is 24.3. The molecule has 0 spiro atoms. The van der Waals surface area contributed by atoms with E-state index in [1.807, 2.05) is 0 Å². The zero-order valence-corrected chi connectivity index (χ0v) is 10.1.